The Labute approximate surface area is 141 Å². The molecule has 6 nitrogen and oxygen atoms in total. The van der Waals surface area contributed by atoms with E-state index in [-0.39, 0.29) is 23.7 Å². The zero-order chi connectivity index (χ0) is 17.1. The van der Waals surface area contributed by atoms with E-state index in [9.17, 15) is 9.18 Å². The first kappa shape index (κ1) is 15.9. The average Bonchev–Trinajstić information content (AvgIpc) is 3.03. The first-order chi connectivity index (χ1) is 11.5. The number of benzene rings is 2. The topological polar surface area (TPSA) is 93.9 Å². The normalized spacial score (nSPS) is 10.6. The Kier molecular flexibility index (Phi) is 4.43. The lowest BCUT2D eigenvalue weighted by Crippen LogP contribution is -2.13. The number of hydrogen-bond donors (Lipinski definition) is 2. The Morgan fingerprint density at radius 3 is 2.83 bits per heavy atom. The fourth-order valence-corrected chi connectivity index (χ4v) is 2.40. The number of hydrogen-bond acceptors (Lipinski definition) is 4. The predicted molar refractivity (Wildman–Crippen MR) is 86.1 cm³/mol. The minimum absolute atomic E-state index is 0.0470. The molecule has 0 bridgehead atoms. The lowest BCUT2D eigenvalue weighted by Gasteiger charge is -2.11. The van der Waals surface area contributed by atoms with Gasteiger partial charge in [-0.1, -0.05) is 23.7 Å². The van der Waals surface area contributed by atoms with Gasteiger partial charge in [-0.3, -0.25) is 4.79 Å². The number of aromatic nitrogens is 3. The molecule has 2 aromatic carbocycles. The van der Waals surface area contributed by atoms with Crippen LogP contribution in [0.3, 0.4) is 0 Å². The van der Waals surface area contributed by atoms with Crippen molar-refractivity contribution in [1.82, 2.24) is 15.4 Å². The van der Waals surface area contributed by atoms with Crippen molar-refractivity contribution >= 4 is 17.5 Å². The number of primary amides is 1. The Morgan fingerprint density at radius 2 is 2.08 bits per heavy atom. The van der Waals surface area contributed by atoms with Gasteiger partial charge in [0.05, 0.1) is 0 Å². The predicted octanol–water partition coefficient (Wildman–Crippen LogP) is 2.94. The summed E-state index contributed by atoms with van der Waals surface area (Å²) in [4.78, 5) is 11.4. The fraction of sp³-hybridized carbons (Fsp3) is 0.0625. The van der Waals surface area contributed by atoms with Crippen molar-refractivity contribution in [1.29, 1.82) is 0 Å². The van der Waals surface area contributed by atoms with E-state index in [1.165, 1.54) is 18.2 Å². The molecular weight excluding hydrogens is 335 g/mol. The van der Waals surface area contributed by atoms with Gasteiger partial charge in [0.15, 0.2) is 5.69 Å². The van der Waals surface area contributed by atoms with Gasteiger partial charge < -0.3 is 10.5 Å². The molecule has 24 heavy (non-hydrogen) atoms. The lowest BCUT2D eigenvalue weighted by atomic mass is 10.1. The van der Waals surface area contributed by atoms with E-state index in [1.807, 2.05) is 6.07 Å². The van der Waals surface area contributed by atoms with E-state index in [0.29, 0.717) is 10.6 Å². The summed E-state index contributed by atoms with van der Waals surface area (Å²) in [7, 11) is 0. The van der Waals surface area contributed by atoms with Gasteiger partial charge in [0.1, 0.15) is 23.9 Å². The van der Waals surface area contributed by atoms with Gasteiger partial charge in [-0.15, -0.1) is 0 Å². The Morgan fingerprint density at radius 1 is 1.25 bits per heavy atom. The summed E-state index contributed by atoms with van der Waals surface area (Å²) in [6.07, 6.45) is 0. The van der Waals surface area contributed by atoms with Crippen LogP contribution in [0.1, 0.15) is 16.1 Å². The number of nitrogens with one attached hydrogen (secondary N) is 1. The van der Waals surface area contributed by atoms with Crippen molar-refractivity contribution in [2.24, 2.45) is 5.73 Å². The summed E-state index contributed by atoms with van der Waals surface area (Å²) in [5.74, 6) is -1.01. The fourth-order valence-electron chi connectivity index (χ4n) is 2.19. The van der Waals surface area contributed by atoms with Crippen molar-refractivity contribution < 1.29 is 13.9 Å². The number of ether oxygens (including phenoxy) is 1. The minimum Gasteiger partial charge on any atom is -0.488 e. The summed E-state index contributed by atoms with van der Waals surface area (Å²) in [6.45, 7) is 0.167. The third-order valence-corrected chi connectivity index (χ3v) is 3.50. The highest BCUT2D eigenvalue weighted by Gasteiger charge is 2.19. The molecule has 3 rings (SSSR count). The van der Waals surface area contributed by atoms with Crippen LogP contribution in [0, 0.1) is 5.82 Å². The first-order valence-corrected chi connectivity index (χ1v) is 7.30. The van der Waals surface area contributed by atoms with Crippen LogP contribution in [-0.2, 0) is 6.61 Å². The van der Waals surface area contributed by atoms with Crippen molar-refractivity contribution in [3.63, 3.8) is 0 Å². The number of halogens is 2. The van der Waals surface area contributed by atoms with Crippen LogP contribution in [0.25, 0.3) is 11.3 Å². The highest BCUT2D eigenvalue weighted by molar-refractivity contribution is 6.30. The zero-order valence-electron chi connectivity index (χ0n) is 12.3. The molecule has 0 fully saturated rings. The van der Waals surface area contributed by atoms with E-state index >= 15 is 0 Å². The van der Waals surface area contributed by atoms with Crippen LogP contribution in [-0.4, -0.2) is 21.3 Å². The highest BCUT2D eigenvalue weighted by atomic mass is 35.5. The molecule has 0 aliphatic rings. The molecule has 1 amide bonds. The molecule has 1 aromatic heterocycles. The summed E-state index contributed by atoms with van der Waals surface area (Å²) < 4.78 is 19.3. The zero-order valence-corrected chi connectivity index (χ0v) is 13.0. The van der Waals surface area contributed by atoms with E-state index in [4.69, 9.17) is 22.1 Å². The van der Waals surface area contributed by atoms with E-state index in [1.54, 1.807) is 18.2 Å². The number of aromatic amines is 1. The summed E-state index contributed by atoms with van der Waals surface area (Å²) in [6, 6.07) is 11.0. The number of nitrogens with zero attached hydrogens (tertiary/aromatic N) is 2. The molecule has 0 aliphatic heterocycles. The van der Waals surface area contributed by atoms with Gasteiger partial charge in [0.2, 0.25) is 0 Å². The molecule has 0 unspecified atom stereocenters. The number of carbonyl (C=O) groups is 1. The molecule has 0 radical (unpaired) electrons. The van der Waals surface area contributed by atoms with Gasteiger partial charge in [0.25, 0.3) is 5.91 Å². The third kappa shape index (κ3) is 3.36. The summed E-state index contributed by atoms with van der Waals surface area (Å²) in [5.41, 5.74) is 6.63. The number of carbonyl (C=O) groups excluding carboxylic acids is 1. The number of nitrogens with two attached hydrogens (primary N) is 1. The summed E-state index contributed by atoms with van der Waals surface area (Å²) >= 11 is 5.93. The Bertz CT molecular complexity index is 897. The molecule has 3 aromatic rings. The molecule has 0 saturated carbocycles. The largest absolute Gasteiger partial charge is 0.488 e. The SMILES string of the molecule is NC(=O)c1n[nH]nc1-c1ccc(F)cc1OCc1cccc(Cl)c1. The Balaban J connectivity index is 1.94. The van der Waals surface area contributed by atoms with Gasteiger partial charge in [0, 0.05) is 16.7 Å². The van der Waals surface area contributed by atoms with Crippen molar-refractivity contribution in [3.8, 4) is 17.0 Å². The summed E-state index contributed by atoms with van der Waals surface area (Å²) in [5, 5.41) is 10.5. The van der Waals surface area contributed by atoms with Crippen LogP contribution >= 0.6 is 11.6 Å². The van der Waals surface area contributed by atoms with Crippen LogP contribution in [0.5, 0.6) is 5.75 Å². The molecule has 0 atom stereocenters. The second kappa shape index (κ2) is 6.67. The average molecular weight is 347 g/mol. The number of H-pyrrole nitrogens is 1. The number of rotatable bonds is 5. The van der Waals surface area contributed by atoms with Crippen molar-refractivity contribution in [2.45, 2.75) is 6.61 Å². The highest BCUT2D eigenvalue weighted by Crippen LogP contribution is 2.31. The molecule has 3 N–H and O–H groups in total. The molecule has 0 saturated heterocycles. The number of amides is 1. The quantitative estimate of drug-likeness (QED) is 0.742. The lowest BCUT2D eigenvalue weighted by molar-refractivity contribution is 0.0996. The third-order valence-electron chi connectivity index (χ3n) is 3.26. The maximum absolute atomic E-state index is 13.6. The monoisotopic (exact) mass is 346 g/mol. The Hall–Kier alpha value is -2.93. The smallest absolute Gasteiger partial charge is 0.271 e. The van der Waals surface area contributed by atoms with E-state index in [2.05, 4.69) is 15.4 Å². The maximum atomic E-state index is 13.6. The van der Waals surface area contributed by atoms with Crippen molar-refractivity contribution in [3.05, 3.63) is 64.6 Å². The van der Waals surface area contributed by atoms with Gasteiger partial charge in [-0.05, 0) is 29.8 Å². The van der Waals surface area contributed by atoms with Crippen LogP contribution in [0.4, 0.5) is 4.39 Å². The maximum Gasteiger partial charge on any atom is 0.271 e. The van der Waals surface area contributed by atoms with Gasteiger partial charge in [-0.2, -0.15) is 15.4 Å². The molecule has 1 heterocycles. The molecule has 0 aliphatic carbocycles. The molecule has 0 spiro atoms. The van der Waals surface area contributed by atoms with Gasteiger partial charge in [-0.25, -0.2) is 4.39 Å². The minimum atomic E-state index is -0.746. The van der Waals surface area contributed by atoms with Crippen LogP contribution < -0.4 is 10.5 Å². The van der Waals surface area contributed by atoms with Crippen LogP contribution in [0.15, 0.2) is 42.5 Å². The van der Waals surface area contributed by atoms with E-state index < -0.39 is 11.7 Å². The van der Waals surface area contributed by atoms with E-state index in [0.717, 1.165) is 5.56 Å². The first-order valence-electron chi connectivity index (χ1n) is 6.92. The van der Waals surface area contributed by atoms with Gasteiger partial charge >= 0.3 is 0 Å². The molecule has 8 heteroatoms. The van der Waals surface area contributed by atoms with Crippen molar-refractivity contribution in [2.75, 3.05) is 0 Å². The molecular formula is C16H12ClFN4O2. The molecule has 122 valence electrons. The second-order valence-electron chi connectivity index (χ2n) is 4.94. The van der Waals surface area contributed by atoms with Crippen LogP contribution in [0.2, 0.25) is 5.02 Å². The standard InChI is InChI=1S/C16H12ClFN4O2/c17-10-3-1-2-9(6-10)8-24-13-7-11(18)4-5-12(13)14-15(16(19)23)21-22-20-14/h1-7H,8H2,(H2,19,23)(H,20,21,22). The second-order valence-corrected chi connectivity index (χ2v) is 5.38.